The molecule has 3 atom stereocenters. The highest BCUT2D eigenvalue weighted by Crippen LogP contribution is 2.23. The van der Waals surface area contributed by atoms with Crippen molar-refractivity contribution < 1.29 is 4.79 Å². The Labute approximate surface area is 103 Å². The summed E-state index contributed by atoms with van der Waals surface area (Å²) >= 11 is 1.86. The number of nitrogens with one attached hydrogen (secondary N) is 1. The first kappa shape index (κ1) is 13.8. The molecular formula is C12H24N2OS. The molecule has 0 aromatic rings. The van der Waals surface area contributed by atoms with Gasteiger partial charge in [0.1, 0.15) is 0 Å². The first-order chi connectivity index (χ1) is 7.65. The molecular weight excluding hydrogens is 220 g/mol. The van der Waals surface area contributed by atoms with E-state index in [0.717, 1.165) is 30.8 Å². The number of carbonyl (C=O) groups is 1. The highest BCUT2D eigenvalue weighted by molar-refractivity contribution is 7.99. The van der Waals surface area contributed by atoms with Crippen LogP contribution < -0.4 is 11.1 Å². The van der Waals surface area contributed by atoms with Crippen molar-refractivity contribution in [2.24, 2.45) is 11.7 Å². The Morgan fingerprint density at radius 2 is 2.19 bits per heavy atom. The van der Waals surface area contributed by atoms with Crippen LogP contribution in [0, 0.1) is 5.92 Å². The standard InChI is InChI=1S/C12H24N2OS/c1-3-16-8-9(2)14-12(15)10-6-4-5-7-11(10)13/h9-11H,3-8,13H2,1-2H3,(H,14,15). The van der Waals surface area contributed by atoms with Gasteiger partial charge in [0, 0.05) is 17.8 Å². The van der Waals surface area contributed by atoms with Gasteiger partial charge in [-0.2, -0.15) is 11.8 Å². The third kappa shape index (κ3) is 4.34. The Kier molecular flexibility index (Phi) is 6.21. The van der Waals surface area contributed by atoms with E-state index in [-0.39, 0.29) is 23.9 Å². The number of hydrogen-bond donors (Lipinski definition) is 2. The fourth-order valence-electron chi connectivity index (χ4n) is 2.17. The van der Waals surface area contributed by atoms with Crippen LogP contribution in [0.4, 0.5) is 0 Å². The lowest BCUT2D eigenvalue weighted by molar-refractivity contribution is -0.126. The van der Waals surface area contributed by atoms with Crippen LogP contribution in [0.2, 0.25) is 0 Å². The van der Waals surface area contributed by atoms with Crippen molar-refractivity contribution in [2.45, 2.75) is 51.6 Å². The molecule has 0 heterocycles. The maximum absolute atomic E-state index is 12.0. The molecule has 3 unspecified atom stereocenters. The van der Waals surface area contributed by atoms with Crippen molar-refractivity contribution in [3.05, 3.63) is 0 Å². The number of thioether (sulfide) groups is 1. The van der Waals surface area contributed by atoms with Gasteiger partial charge in [-0.1, -0.05) is 19.8 Å². The lowest BCUT2D eigenvalue weighted by Crippen LogP contribution is -2.46. The van der Waals surface area contributed by atoms with Crippen molar-refractivity contribution >= 4 is 17.7 Å². The van der Waals surface area contributed by atoms with Gasteiger partial charge in [-0.3, -0.25) is 4.79 Å². The minimum Gasteiger partial charge on any atom is -0.353 e. The van der Waals surface area contributed by atoms with Gasteiger partial charge in [-0.15, -0.1) is 0 Å². The van der Waals surface area contributed by atoms with Crippen molar-refractivity contribution in [2.75, 3.05) is 11.5 Å². The van der Waals surface area contributed by atoms with Gasteiger partial charge >= 0.3 is 0 Å². The van der Waals surface area contributed by atoms with Crippen LogP contribution in [-0.2, 0) is 4.79 Å². The van der Waals surface area contributed by atoms with Crippen LogP contribution in [0.3, 0.4) is 0 Å². The van der Waals surface area contributed by atoms with Gasteiger partial charge in [-0.25, -0.2) is 0 Å². The normalized spacial score (nSPS) is 27.4. The third-order valence-electron chi connectivity index (χ3n) is 3.12. The van der Waals surface area contributed by atoms with E-state index in [4.69, 9.17) is 5.73 Å². The smallest absolute Gasteiger partial charge is 0.224 e. The van der Waals surface area contributed by atoms with Gasteiger partial charge in [0.05, 0.1) is 5.92 Å². The summed E-state index contributed by atoms with van der Waals surface area (Å²) in [6, 6.07) is 0.325. The summed E-state index contributed by atoms with van der Waals surface area (Å²) in [4.78, 5) is 12.0. The molecule has 1 aliphatic rings. The van der Waals surface area contributed by atoms with Crippen LogP contribution in [0.5, 0.6) is 0 Å². The van der Waals surface area contributed by atoms with E-state index >= 15 is 0 Å². The Morgan fingerprint density at radius 3 is 2.81 bits per heavy atom. The average molecular weight is 244 g/mol. The zero-order chi connectivity index (χ0) is 12.0. The van der Waals surface area contributed by atoms with E-state index in [1.807, 2.05) is 11.8 Å². The molecule has 0 aliphatic heterocycles. The quantitative estimate of drug-likeness (QED) is 0.775. The van der Waals surface area contributed by atoms with E-state index in [0.29, 0.717) is 0 Å². The molecule has 1 saturated carbocycles. The molecule has 0 aromatic heterocycles. The van der Waals surface area contributed by atoms with Crippen molar-refractivity contribution in [1.29, 1.82) is 0 Å². The molecule has 3 N–H and O–H groups in total. The molecule has 1 rings (SSSR count). The van der Waals surface area contributed by atoms with Crippen LogP contribution >= 0.6 is 11.8 Å². The fourth-order valence-corrected chi connectivity index (χ4v) is 2.84. The highest BCUT2D eigenvalue weighted by Gasteiger charge is 2.28. The van der Waals surface area contributed by atoms with E-state index in [2.05, 4.69) is 19.2 Å². The zero-order valence-electron chi connectivity index (χ0n) is 10.4. The van der Waals surface area contributed by atoms with E-state index in [9.17, 15) is 4.79 Å². The minimum absolute atomic E-state index is 0.0443. The molecule has 94 valence electrons. The molecule has 4 heteroatoms. The zero-order valence-corrected chi connectivity index (χ0v) is 11.2. The molecule has 1 aliphatic carbocycles. The topological polar surface area (TPSA) is 55.1 Å². The summed E-state index contributed by atoms with van der Waals surface area (Å²) in [6.07, 6.45) is 4.27. The van der Waals surface area contributed by atoms with Gasteiger partial charge < -0.3 is 11.1 Å². The maximum atomic E-state index is 12.0. The summed E-state index contributed by atoms with van der Waals surface area (Å²) in [5.41, 5.74) is 5.99. The Hall–Kier alpha value is -0.220. The molecule has 1 fully saturated rings. The maximum Gasteiger partial charge on any atom is 0.224 e. The number of nitrogens with two attached hydrogens (primary N) is 1. The van der Waals surface area contributed by atoms with Crippen LogP contribution in [0.25, 0.3) is 0 Å². The second-order valence-electron chi connectivity index (χ2n) is 4.62. The highest BCUT2D eigenvalue weighted by atomic mass is 32.2. The lowest BCUT2D eigenvalue weighted by Gasteiger charge is -2.28. The minimum atomic E-state index is 0.0443. The second-order valence-corrected chi connectivity index (χ2v) is 5.94. The number of amides is 1. The second kappa shape index (κ2) is 7.17. The fraction of sp³-hybridized carbons (Fsp3) is 0.917. The summed E-state index contributed by atoms with van der Waals surface area (Å²) < 4.78 is 0. The van der Waals surface area contributed by atoms with Crippen LogP contribution in [0.15, 0.2) is 0 Å². The molecule has 0 bridgehead atoms. The van der Waals surface area contributed by atoms with Gasteiger partial charge in [0.2, 0.25) is 5.91 Å². The predicted octanol–water partition coefficient (Wildman–Crippen LogP) is 1.76. The molecule has 3 nitrogen and oxygen atoms in total. The average Bonchev–Trinajstić information content (AvgIpc) is 2.26. The predicted molar refractivity (Wildman–Crippen MR) is 70.5 cm³/mol. The first-order valence-electron chi connectivity index (χ1n) is 6.28. The Bertz CT molecular complexity index is 223. The molecule has 0 spiro atoms. The third-order valence-corrected chi connectivity index (χ3v) is 4.26. The molecule has 1 amide bonds. The summed E-state index contributed by atoms with van der Waals surface area (Å²) in [7, 11) is 0. The number of carbonyl (C=O) groups excluding carboxylic acids is 1. The SMILES string of the molecule is CCSCC(C)NC(=O)C1CCCCC1N. The lowest BCUT2D eigenvalue weighted by atomic mass is 9.84. The monoisotopic (exact) mass is 244 g/mol. The van der Waals surface area contributed by atoms with E-state index < -0.39 is 0 Å². The van der Waals surface area contributed by atoms with Crippen molar-refractivity contribution in [3.8, 4) is 0 Å². The molecule has 0 saturated heterocycles. The summed E-state index contributed by atoms with van der Waals surface area (Å²) in [6.45, 7) is 4.20. The van der Waals surface area contributed by atoms with E-state index in [1.54, 1.807) is 0 Å². The van der Waals surface area contributed by atoms with Crippen LogP contribution in [0.1, 0.15) is 39.5 Å². The number of rotatable bonds is 5. The van der Waals surface area contributed by atoms with Crippen molar-refractivity contribution in [3.63, 3.8) is 0 Å². The van der Waals surface area contributed by atoms with E-state index in [1.165, 1.54) is 6.42 Å². The van der Waals surface area contributed by atoms with Crippen molar-refractivity contribution in [1.82, 2.24) is 5.32 Å². The Balaban J connectivity index is 2.32. The van der Waals surface area contributed by atoms with Gasteiger partial charge in [-0.05, 0) is 25.5 Å². The van der Waals surface area contributed by atoms with Gasteiger partial charge in [0.25, 0.3) is 0 Å². The summed E-state index contributed by atoms with van der Waals surface area (Å²) in [5.74, 6) is 2.30. The summed E-state index contributed by atoms with van der Waals surface area (Å²) in [5, 5.41) is 3.08. The largest absolute Gasteiger partial charge is 0.353 e. The molecule has 16 heavy (non-hydrogen) atoms. The first-order valence-corrected chi connectivity index (χ1v) is 7.44. The van der Waals surface area contributed by atoms with Crippen LogP contribution in [-0.4, -0.2) is 29.5 Å². The van der Waals surface area contributed by atoms with Gasteiger partial charge in [0.15, 0.2) is 0 Å². The molecule has 0 radical (unpaired) electrons. The Morgan fingerprint density at radius 1 is 1.50 bits per heavy atom. The number of hydrogen-bond acceptors (Lipinski definition) is 3. The molecule has 0 aromatic carbocycles.